The van der Waals surface area contributed by atoms with Gasteiger partial charge in [0.2, 0.25) is 5.91 Å². The molecule has 2 atom stereocenters. The highest BCUT2D eigenvalue weighted by atomic mass is 35.5. The van der Waals surface area contributed by atoms with E-state index in [1.54, 1.807) is 12.1 Å². The van der Waals surface area contributed by atoms with E-state index < -0.39 is 0 Å². The number of piperidine rings is 1. The van der Waals surface area contributed by atoms with E-state index in [4.69, 9.17) is 0 Å². The van der Waals surface area contributed by atoms with Crippen molar-refractivity contribution in [1.29, 1.82) is 0 Å². The van der Waals surface area contributed by atoms with E-state index in [0.717, 1.165) is 24.9 Å². The summed E-state index contributed by atoms with van der Waals surface area (Å²) in [5.74, 6) is -0.474. The van der Waals surface area contributed by atoms with Crippen LogP contribution in [0.25, 0.3) is 0 Å². The molecule has 1 aromatic carbocycles. The largest absolute Gasteiger partial charge is 0.323 e. The first-order chi connectivity index (χ1) is 8.56. The minimum Gasteiger partial charge on any atom is -0.323 e. The Hall–Kier alpha value is -1.13. The van der Waals surface area contributed by atoms with Gasteiger partial charge < -0.3 is 10.6 Å². The van der Waals surface area contributed by atoms with E-state index in [9.17, 15) is 9.18 Å². The van der Waals surface area contributed by atoms with Gasteiger partial charge in [0.1, 0.15) is 5.82 Å². The lowest BCUT2D eigenvalue weighted by Crippen LogP contribution is -2.40. The van der Waals surface area contributed by atoms with E-state index in [2.05, 4.69) is 17.6 Å². The van der Waals surface area contributed by atoms with Gasteiger partial charge in [-0.3, -0.25) is 4.79 Å². The van der Waals surface area contributed by atoms with Crippen molar-refractivity contribution < 1.29 is 9.18 Å². The molecular formula is C14H20ClFN2O. The first kappa shape index (κ1) is 15.9. The first-order valence-electron chi connectivity index (χ1n) is 6.36. The number of anilines is 1. The van der Waals surface area contributed by atoms with Crippen LogP contribution >= 0.6 is 12.4 Å². The Morgan fingerprint density at radius 2 is 2.21 bits per heavy atom. The molecule has 1 fully saturated rings. The molecule has 106 valence electrons. The molecule has 1 aliphatic rings. The topological polar surface area (TPSA) is 41.1 Å². The van der Waals surface area contributed by atoms with Gasteiger partial charge in [-0.2, -0.15) is 0 Å². The molecule has 0 unspecified atom stereocenters. The molecule has 1 aromatic rings. The van der Waals surface area contributed by atoms with Crippen LogP contribution in [0.3, 0.4) is 0 Å². The van der Waals surface area contributed by atoms with Gasteiger partial charge >= 0.3 is 0 Å². The summed E-state index contributed by atoms with van der Waals surface area (Å²) < 4.78 is 13.6. The average Bonchev–Trinajstić information content (AvgIpc) is 2.32. The molecule has 0 bridgehead atoms. The molecule has 1 heterocycles. The molecule has 0 aromatic heterocycles. The molecule has 2 rings (SSSR count). The highest BCUT2D eigenvalue weighted by Gasteiger charge is 2.25. The standard InChI is InChI=1S/C14H19FN2O.ClH/c1-9-3-4-13(12(15)7-9)17-14(18)11-5-6-16-10(2)8-11;/h3-4,7,10-11,16H,5-6,8H2,1-2H3,(H,17,18);1H/t10-,11-;/m0./s1. The number of benzene rings is 1. The lowest BCUT2D eigenvalue weighted by Gasteiger charge is -2.27. The maximum Gasteiger partial charge on any atom is 0.227 e. The normalized spacial score (nSPS) is 22.5. The van der Waals surface area contributed by atoms with Crippen molar-refractivity contribution in [1.82, 2.24) is 5.32 Å². The minimum absolute atomic E-state index is 0. The zero-order chi connectivity index (χ0) is 13.1. The zero-order valence-electron chi connectivity index (χ0n) is 11.2. The van der Waals surface area contributed by atoms with Crippen LogP contribution in [-0.2, 0) is 4.79 Å². The van der Waals surface area contributed by atoms with Crippen molar-refractivity contribution in [3.05, 3.63) is 29.6 Å². The van der Waals surface area contributed by atoms with Crippen molar-refractivity contribution in [3.8, 4) is 0 Å². The van der Waals surface area contributed by atoms with E-state index in [1.807, 2.05) is 6.92 Å². The Balaban J connectivity index is 0.00000180. The second-order valence-corrected chi connectivity index (χ2v) is 5.05. The SMILES string of the molecule is Cc1ccc(NC(=O)[C@H]2CCN[C@@H](C)C2)c(F)c1.Cl. The number of hydrogen-bond acceptors (Lipinski definition) is 2. The predicted molar refractivity (Wildman–Crippen MR) is 77.2 cm³/mol. The van der Waals surface area contributed by atoms with Crippen LogP contribution in [0.2, 0.25) is 0 Å². The van der Waals surface area contributed by atoms with Crippen LogP contribution in [0, 0.1) is 18.7 Å². The third kappa shape index (κ3) is 4.18. The minimum atomic E-state index is -0.370. The second-order valence-electron chi connectivity index (χ2n) is 5.05. The number of aryl methyl sites for hydroxylation is 1. The van der Waals surface area contributed by atoms with Crippen molar-refractivity contribution >= 4 is 24.0 Å². The van der Waals surface area contributed by atoms with Gasteiger partial charge in [-0.15, -0.1) is 12.4 Å². The molecule has 0 radical (unpaired) electrons. The Labute approximate surface area is 119 Å². The summed E-state index contributed by atoms with van der Waals surface area (Å²) in [7, 11) is 0. The van der Waals surface area contributed by atoms with Crippen molar-refractivity contribution in [2.24, 2.45) is 5.92 Å². The number of rotatable bonds is 2. The van der Waals surface area contributed by atoms with E-state index >= 15 is 0 Å². The van der Waals surface area contributed by atoms with Crippen LogP contribution in [0.4, 0.5) is 10.1 Å². The monoisotopic (exact) mass is 286 g/mol. The summed E-state index contributed by atoms with van der Waals surface area (Å²) in [5.41, 5.74) is 1.12. The van der Waals surface area contributed by atoms with Gasteiger partial charge in [-0.1, -0.05) is 6.07 Å². The van der Waals surface area contributed by atoms with Crippen LogP contribution in [0.5, 0.6) is 0 Å². The molecule has 0 saturated carbocycles. The van der Waals surface area contributed by atoms with Crippen molar-refractivity contribution in [2.75, 3.05) is 11.9 Å². The molecule has 3 nitrogen and oxygen atoms in total. The summed E-state index contributed by atoms with van der Waals surface area (Å²) in [6.45, 7) is 4.73. The quantitative estimate of drug-likeness (QED) is 0.878. The summed E-state index contributed by atoms with van der Waals surface area (Å²) in [4.78, 5) is 12.0. The molecule has 0 aliphatic carbocycles. The summed E-state index contributed by atoms with van der Waals surface area (Å²) in [6.07, 6.45) is 1.61. The number of nitrogens with one attached hydrogen (secondary N) is 2. The van der Waals surface area contributed by atoms with Gasteiger partial charge in [-0.05, 0) is 50.9 Å². The lowest BCUT2D eigenvalue weighted by atomic mass is 9.92. The molecule has 1 amide bonds. The molecule has 0 spiro atoms. The zero-order valence-corrected chi connectivity index (χ0v) is 12.0. The molecule has 1 saturated heterocycles. The van der Waals surface area contributed by atoms with Crippen molar-refractivity contribution in [2.45, 2.75) is 32.7 Å². The maximum absolute atomic E-state index is 13.6. The molecule has 2 N–H and O–H groups in total. The van der Waals surface area contributed by atoms with Crippen LogP contribution in [-0.4, -0.2) is 18.5 Å². The summed E-state index contributed by atoms with van der Waals surface area (Å²) in [6, 6.07) is 5.19. The number of halogens is 2. The van der Waals surface area contributed by atoms with Gasteiger partial charge in [0.25, 0.3) is 0 Å². The fourth-order valence-corrected chi connectivity index (χ4v) is 2.33. The van der Waals surface area contributed by atoms with Gasteiger partial charge in [0.15, 0.2) is 0 Å². The second kappa shape index (κ2) is 6.87. The summed E-state index contributed by atoms with van der Waals surface area (Å²) in [5, 5.41) is 5.98. The number of carbonyl (C=O) groups is 1. The Kier molecular flexibility index (Phi) is 5.76. The van der Waals surface area contributed by atoms with Crippen LogP contribution < -0.4 is 10.6 Å². The first-order valence-corrected chi connectivity index (χ1v) is 6.36. The maximum atomic E-state index is 13.6. The van der Waals surface area contributed by atoms with Gasteiger partial charge in [0.05, 0.1) is 5.69 Å². The molecule has 5 heteroatoms. The smallest absolute Gasteiger partial charge is 0.227 e. The lowest BCUT2D eigenvalue weighted by molar-refractivity contribution is -0.120. The fraction of sp³-hybridized carbons (Fsp3) is 0.500. The van der Waals surface area contributed by atoms with Gasteiger partial charge in [0, 0.05) is 12.0 Å². The fourth-order valence-electron chi connectivity index (χ4n) is 2.33. The number of hydrogen-bond donors (Lipinski definition) is 2. The van der Waals surface area contributed by atoms with Crippen LogP contribution in [0.15, 0.2) is 18.2 Å². The molecule has 19 heavy (non-hydrogen) atoms. The number of amides is 1. The van der Waals surface area contributed by atoms with E-state index in [0.29, 0.717) is 6.04 Å². The van der Waals surface area contributed by atoms with Crippen LogP contribution in [0.1, 0.15) is 25.3 Å². The average molecular weight is 287 g/mol. The van der Waals surface area contributed by atoms with E-state index in [-0.39, 0.29) is 35.7 Å². The summed E-state index contributed by atoms with van der Waals surface area (Å²) >= 11 is 0. The predicted octanol–water partition coefficient (Wildman–Crippen LogP) is 2.88. The van der Waals surface area contributed by atoms with Crippen molar-refractivity contribution in [3.63, 3.8) is 0 Å². The third-order valence-electron chi connectivity index (χ3n) is 3.38. The Morgan fingerprint density at radius 1 is 1.47 bits per heavy atom. The highest BCUT2D eigenvalue weighted by Crippen LogP contribution is 2.20. The molecule has 1 aliphatic heterocycles. The highest BCUT2D eigenvalue weighted by molar-refractivity contribution is 5.92. The van der Waals surface area contributed by atoms with Gasteiger partial charge in [-0.25, -0.2) is 4.39 Å². The number of carbonyl (C=O) groups excluding carboxylic acids is 1. The Morgan fingerprint density at radius 3 is 2.84 bits per heavy atom. The van der Waals surface area contributed by atoms with E-state index in [1.165, 1.54) is 6.07 Å². The Bertz CT molecular complexity index is 453. The molecular weight excluding hydrogens is 267 g/mol. The third-order valence-corrected chi connectivity index (χ3v) is 3.38.